The van der Waals surface area contributed by atoms with Gasteiger partial charge in [0.2, 0.25) is 0 Å². The summed E-state index contributed by atoms with van der Waals surface area (Å²) in [5, 5.41) is 11.8. The van der Waals surface area contributed by atoms with Crippen molar-refractivity contribution in [2.75, 3.05) is 18.4 Å². The van der Waals surface area contributed by atoms with Crippen molar-refractivity contribution in [1.82, 2.24) is 9.88 Å². The van der Waals surface area contributed by atoms with Gasteiger partial charge in [-0.05, 0) is 31.9 Å². The molecule has 1 aliphatic carbocycles. The lowest BCUT2D eigenvalue weighted by Crippen LogP contribution is -2.34. The quantitative estimate of drug-likeness (QED) is 0.847. The Labute approximate surface area is 113 Å². The summed E-state index contributed by atoms with van der Waals surface area (Å²) in [6.45, 7) is 3.33. The summed E-state index contributed by atoms with van der Waals surface area (Å²) in [6.07, 6.45) is 4.11. The van der Waals surface area contributed by atoms with Gasteiger partial charge < -0.3 is 10.2 Å². The van der Waals surface area contributed by atoms with Gasteiger partial charge in [-0.1, -0.05) is 0 Å². The molecule has 0 aliphatic heterocycles. The maximum Gasteiger partial charge on any atom is 0.272 e. The molecule has 1 amide bonds. The van der Waals surface area contributed by atoms with Gasteiger partial charge in [-0.3, -0.25) is 4.79 Å². The third-order valence-corrected chi connectivity index (χ3v) is 3.08. The second-order valence-electron chi connectivity index (χ2n) is 4.60. The number of rotatable bonds is 6. The third kappa shape index (κ3) is 3.44. The second kappa shape index (κ2) is 6.19. The highest BCUT2D eigenvalue weighted by atomic mass is 16.2. The minimum absolute atomic E-state index is 0.0687. The van der Waals surface area contributed by atoms with Gasteiger partial charge in [0.15, 0.2) is 0 Å². The fourth-order valence-electron chi connectivity index (χ4n) is 1.98. The van der Waals surface area contributed by atoms with Crippen LogP contribution < -0.4 is 5.32 Å². The Kier molecular flexibility index (Phi) is 4.35. The van der Waals surface area contributed by atoms with E-state index < -0.39 is 0 Å². The van der Waals surface area contributed by atoms with E-state index in [1.54, 1.807) is 17.2 Å². The van der Waals surface area contributed by atoms with E-state index in [1.807, 2.05) is 13.0 Å². The van der Waals surface area contributed by atoms with Gasteiger partial charge >= 0.3 is 0 Å². The van der Waals surface area contributed by atoms with E-state index in [2.05, 4.69) is 16.4 Å². The highest BCUT2D eigenvalue weighted by Crippen LogP contribution is 2.28. The molecule has 19 heavy (non-hydrogen) atoms. The summed E-state index contributed by atoms with van der Waals surface area (Å²) in [4.78, 5) is 18.3. The highest BCUT2D eigenvalue weighted by Gasteiger charge is 2.33. The van der Waals surface area contributed by atoms with Crippen LogP contribution in [0.25, 0.3) is 0 Å². The summed E-state index contributed by atoms with van der Waals surface area (Å²) in [5.74, 6) is -0.0687. The first kappa shape index (κ1) is 13.3. The Hall–Kier alpha value is -2.09. The molecule has 5 heteroatoms. The van der Waals surface area contributed by atoms with E-state index in [0.717, 1.165) is 25.1 Å². The van der Waals surface area contributed by atoms with E-state index in [4.69, 9.17) is 5.26 Å². The number of amides is 1. The lowest BCUT2D eigenvalue weighted by molar-refractivity contribution is 0.0741. The maximum absolute atomic E-state index is 12.3. The number of hydrogen-bond acceptors (Lipinski definition) is 4. The summed E-state index contributed by atoms with van der Waals surface area (Å²) < 4.78 is 0. The number of pyridine rings is 1. The monoisotopic (exact) mass is 258 g/mol. The van der Waals surface area contributed by atoms with Gasteiger partial charge in [-0.2, -0.15) is 5.26 Å². The minimum atomic E-state index is -0.0687. The van der Waals surface area contributed by atoms with Crippen molar-refractivity contribution >= 4 is 11.6 Å². The predicted octanol–water partition coefficient (Wildman–Crippen LogP) is 2.03. The standard InChI is InChI=1S/C14H18N4O/c1-2-16-11-4-7-13(17-10-11)14(19)18(9-3-8-15)12-5-6-12/h4,7,10,12,16H,2-3,5-6,9H2,1H3. The lowest BCUT2D eigenvalue weighted by Gasteiger charge is -2.20. The number of carbonyl (C=O) groups is 1. The van der Waals surface area contributed by atoms with Crippen LogP contribution in [0.2, 0.25) is 0 Å². The summed E-state index contributed by atoms with van der Waals surface area (Å²) in [7, 11) is 0. The molecule has 0 bridgehead atoms. The topological polar surface area (TPSA) is 69.0 Å². The Morgan fingerprint density at radius 2 is 2.37 bits per heavy atom. The van der Waals surface area contributed by atoms with Gasteiger partial charge in [0.05, 0.1) is 24.4 Å². The molecule has 1 heterocycles. The van der Waals surface area contributed by atoms with Gasteiger partial charge in [0.25, 0.3) is 5.91 Å². The number of nitriles is 1. The molecule has 0 atom stereocenters. The molecule has 5 nitrogen and oxygen atoms in total. The van der Waals surface area contributed by atoms with Crippen LogP contribution in [0, 0.1) is 11.3 Å². The van der Waals surface area contributed by atoms with Crippen LogP contribution in [-0.2, 0) is 0 Å². The Morgan fingerprint density at radius 1 is 1.58 bits per heavy atom. The molecule has 1 aliphatic rings. The Morgan fingerprint density at radius 3 is 2.89 bits per heavy atom. The number of anilines is 1. The maximum atomic E-state index is 12.3. The molecule has 1 N–H and O–H groups in total. The van der Waals surface area contributed by atoms with Gasteiger partial charge in [0.1, 0.15) is 5.69 Å². The van der Waals surface area contributed by atoms with E-state index in [0.29, 0.717) is 24.7 Å². The molecule has 100 valence electrons. The smallest absolute Gasteiger partial charge is 0.272 e. The SMILES string of the molecule is CCNc1ccc(C(=O)N(CCC#N)C2CC2)nc1. The van der Waals surface area contributed by atoms with Crippen LogP contribution >= 0.6 is 0 Å². The van der Waals surface area contributed by atoms with Crippen LogP contribution in [0.5, 0.6) is 0 Å². The van der Waals surface area contributed by atoms with Crippen LogP contribution in [0.1, 0.15) is 36.7 Å². The average molecular weight is 258 g/mol. The van der Waals surface area contributed by atoms with E-state index in [-0.39, 0.29) is 5.91 Å². The number of aromatic nitrogens is 1. The Bertz CT molecular complexity index is 473. The number of hydrogen-bond donors (Lipinski definition) is 1. The van der Waals surface area contributed by atoms with Crippen LogP contribution in [0.3, 0.4) is 0 Å². The molecular weight excluding hydrogens is 240 g/mol. The van der Waals surface area contributed by atoms with Crippen LogP contribution in [-0.4, -0.2) is 34.9 Å². The predicted molar refractivity (Wildman–Crippen MR) is 72.7 cm³/mol. The molecule has 0 radical (unpaired) electrons. The lowest BCUT2D eigenvalue weighted by atomic mass is 10.2. The van der Waals surface area contributed by atoms with Gasteiger partial charge in [0, 0.05) is 19.1 Å². The zero-order valence-corrected chi connectivity index (χ0v) is 11.1. The van der Waals surface area contributed by atoms with E-state index >= 15 is 0 Å². The number of carbonyl (C=O) groups excluding carboxylic acids is 1. The molecule has 0 aromatic carbocycles. The van der Waals surface area contributed by atoms with Crippen molar-refractivity contribution in [2.24, 2.45) is 0 Å². The first-order valence-electron chi connectivity index (χ1n) is 6.64. The first-order valence-corrected chi connectivity index (χ1v) is 6.64. The first-order chi connectivity index (χ1) is 9.26. The molecule has 1 aromatic heterocycles. The normalized spacial score (nSPS) is 13.7. The molecule has 0 spiro atoms. The molecule has 1 aromatic rings. The minimum Gasteiger partial charge on any atom is -0.384 e. The second-order valence-corrected chi connectivity index (χ2v) is 4.60. The van der Waals surface area contributed by atoms with Crippen molar-refractivity contribution < 1.29 is 4.79 Å². The molecule has 0 saturated heterocycles. The van der Waals surface area contributed by atoms with Gasteiger partial charge in [-0.25, -0.2) is 4.98 Å². The van der Waals surface area contributed by atoms with Crippen molar-refractivity contribution in [3.63, 3.8) is 0 Å². The summed E-state index contributed by atoms with van der Waals surface area (Å²) in [6, 6.07) is 5.99. The molecular formula is C14H18N4O. The van der Waals surface area contributed by atoms with Crippen molar-refractivity contribution in [3.05, 3.63) is 24.0 Å². The van der Waals surface area contributed by atoms with Crippen molar-refractivity contribution in [1.29, 1.82) is 5.26 Å². The molecule has 1 fully saturated rings. The fourth-order valence-corrected chi connectivity index (χ4v) is 1.98. The highest BCUT2D eigenvalue weighted by molar-refractivity contribution is 5.93. The number of nitrogens with zero attached hydrogens (tertiary/aromatic N) is 3. The van der Waals surface area contributed by atoms with E-state index in [9.17, 15) is 4.79 Å². The Balaban J connectivity index is 2.06. The fraction of sp³-hybridized carbons (Fsp3) is 0.500. The zero-order chi connectivity index (χ0) is 13.7. The third-order valence-electron chi connectivity index (χ3n) is 3.08. The number of nitrogens with one attached hydrogen (secondary N) is 1. The zero-order valence-electron chi connectivity index (χ0n) is 11.1. The van der Waals surface area contributed by atoms with E-state index in [1.165, 1.54) is 0 Å². The van der Waals surface area contributed by atoms with Crippen LogP contribution in [0.4, 0.5) is 5.69 Å². The summed E-state index contributed by atoms with van der Waals surface area (Å²) in [5.41, 5.74) is 1.36. The van der Waals surface area contributed by atoms with Crippen molar-refractivity contribution in [3.8, 4) is 6.07 Å². The molecule has 0 unspecified atom stereocenters. The largest absolute Gasteiger partial charge is 0.384 e. The molecule has 2 rings (SSSR count). The molecule has 1 saturated carbocycles. The van der Waals surface area contributed by atoms with Crippen LogP contribution in [0.15, 0.2) is 18.3 Å². The summed E-state index contributed by atoms with van der Waals surface area (Å²) >= 11 is 0. The van der Waals surface area contributed by atoms with Gasteiger partial charge in [-0.15, -0.1) is 0 Å². The van der Waals surface area contributed by atoms with Crippen molar-refractivity contribution in [2.45, 2.75) is 32.2 Å². The average Bonchev–Trinajstić information content (AvgIpc) is 3.25.